The van der Waals surface area contributed by atoms with E-state index in [1.165, 1.54) is 12.1 Å². The Kier molecular flexibility index (Phi) is 5.83. The van der Waals surface area contributed by atoms with Crippen molar-refractivity contribution in [3.63, 3.8) is 0 Å². The average Bonchev–Trinajstić information content (AvgIpc) is 3.10. The number of aromatic nitrogens is 1. The number of aliphatic hydroxyl groups excluding tert-OH is 2. The van der Waals surface area contributed by atoms with Gasteiger partial charge < -0.3 is 19.7 Å². The molecule has 5 rings (SSSR count). The van der Waals surface area contributed by atoms with Crippen LogP contribution in [0.3, 0.4) is 0 Å². The molecule has 0 radical (unpaired) electrons. The summed E-state index contributed by atoms with van der Waals surface area (Å²) >= 11 is 0. The minimum Gasteiger partial charge on any atom is -0.388 e. The van der Waals surface area contributed by atoms with Crippen molar-refractivity contribution in [2.75, 3.05) is 13.2 Å². The lowest BCUT2D eigenvalue weighted by molar-refractivity contribution is -0.137. The summed E-state index contributed by atoms with van der Waals surface area (Å²) in [5.74, 6) is -0.0287. The van der Waals surface area contributed by atoms with Crippen LogP contribution in [-0.4, -0.2) is 28.4 Å². The Labute approximate surface area is 203 Å². The number of hydrogen-bond acceptors (Lipinski definition) is 5. The molecule has 0 saturated carbocycles. The highest BCUT2D eigenvalue weighted by molar-refractivity contribution is 5.55. The van der Waals surface area contributed by atoms with Crippen LogP contribution in [0.5, 0.6) is 0 Å². The first-order valence-corrected chi connectivity index (χ1v) is 12.2. The predicted octanol–water partition coefficient (Wildman–Crippen LogP) is 5.85. The topological polar surface area (TPSA) is 71.8 Å². The highest BCUT2D eigenvalue weighted by Crippen LogP contribution is 2.59. The van der Waals surface area contributed by atoms with Gasteiger partial charge in [0, 0.05) is 42.9 Å². The van der Waals surface area contributed by atoms with Gasteiger partial charge in [0.05, 0.1) is 23.0 Å². The van der Waals surface area contributed by atoms with Gasteiger partial charge in [0.1, 0.15) is 12.2 Å². The molecule has 1 aliphatic carbocycles. The number of fused-ring (bicyclic) bond motifs is 4. The molecule has 3 heterocycles. The molecule has 35 heavy (non-hydrogen) atoms. The second-order valence-corrected chi connectivity index (χ2v) is 11.1. The van der Waals surface area contributed by atoms with Gasteiger partial charge in [0.2, 0.25) is 0 Å². The summed E-state index contributed by atoms with van der Waals surface area (Å²) in [5.41, 5.74) is 2.08. The number of rotatable bonds is 2. The molecule has 3 atom stereocenters. The Morgan fingerprint density at radius 1 is 1.03 bits per heavy atom. The maximum atomic E-state index is 13.2. The van der Waals surface area contributed by atoms with Gasteiger partial charge in [0.25, 0.3) is 0 Å². The lowest BCUT2D eigenvalue weighted by Gasteiger charge is -2.42. The van der Waals surface area contributed by atoms with Crippen LogP contribution in [0.25, 0.3) is 0 Å². The molecule has 2 aliphatic heterocycles. The van der Waals surface area contributed by atoms with Gasteiger partial charge in [-0.2, -0.15) is 13.2 Å². The first kappa shape index (κ1) is 24.7. The maximum Gasteiger partial charge on any atom is 0.416 e. The Balaban J connectivity index is 1.76. The lowest BCUT2D eigenvalue weighted by atomic mass is 9.68. The Hall–Kier alpha value is -2.00. The van der Waals surface area contributed by atoms with Crippen LogP contribution in [0.1, 0.15) is 110 Å². The molecular formula is C27H32F3NO4. The van der Waals surface area contributed by atoms with E-state index >= 15 is 0 Å². The van der Waals surface area contributed by atoms with Crippen LogP contribution in [0.15, 0.2) is 24.3 Å². The first-order chi connectivity index (χ1) is 16.4. The van der Waals surface area contributed by atoms with Crippen LogP contribution in [-0.2, 0) is 21.3 Å². The van der Waals surface area contributed by atoms with Crippen LogP contribution < -0.4 is 0 Å². The van der Waals surface area contributed by atoms with Crippen molar-refractivity contribution in [2.24, 2.45) is 5.41 Å². The summed E-state index contributed by atoms with van der Waals surface area (Å²) < 4.78 is 52.1. The molecule has 1 saturated heterocycles. The number of aliphatic hydroxyl groups is 2. The van der Waals surface area contributed by atoms with E-state index in [1.807, 2.05) is 27.7 Å². The number of alkyl halides is 3. The van der Waals surface area contributed by atoms with Gasteiger partial charge in [-0.15, -0.1) is 0 Å². The number of ether oxygens (including phenoxy) is 2. The van der Waals surface area contributed by atoms with Gasteiger partial charge >= 0.3 is 6.18 Å². The number of halogens is 3. The third-order valence-electron chi connectivity index (χ3n) is 7.83. The number of pyridine rings is 1. The van der Waals surface area contributed by atoms with Crippen molar-refractivity contribution in [1.82, 2.24) is 4.98 Å². The van der Waals surface area contributed by atoms with Crippen LogP contribution in [0.4, 0.5) is 13.2 Å². The molecule has 5 nitrogen and oxygen atoms in total. The van der Waals surface area contributed by atoms with Crippen LogP contribution >= 0.6 is 0 Å². The van der Waals surface area contributed by atoms with Crippen molar-refractivity contribution in [2.45, 2.75) is 83.0 Å². The molecule has 2 N–H and O–H groups in total. The van der Waals surface area contributed by atoms with Gasteiger partial charge in [-0.3, -0.25) is 4.98 Å². The summed E-state index contributed by atoms with van der Waals surface area (Å²) in [4.78, 5) is 4.92. The standard InChI is InChI=1S/C27H32F3NO4/c1-14(2)21-19-20(18-17(32)13-25(3,4)24(33)22(18)31-21)26(9-11-34-12-10-26)35-23(19)15-5-7-16(8-6-15)27(28,29)30/h5-8,14,17,23-24,32-33H,9-13H2,1-4H3/t17-,23+,24-/m0/s1. The Morgan fingerprint density at radius 2 is 1.66 bits per heavy atom. The number of benzene rings is 1. The fourth-order valence-electron chi connectivity index (χ4n) is 5.97. The Bertz CT molecular complexity index is 1120. The summed E-state index contributed by atoms with van der Waals surface area (Å²) in [6.45, 7) is 8.78. The molecular weight excluding hydrogens is 459 g/mol. The van der Waals surface area contributed by atoms with E-state index in [2.05, 4.69) is 0 Å². The molecule has 190 valence electrons. The van der Waals surface area contributed by atoms with E-state index in [0.29, 0.717) is 49.3 Å². The SMILES string of the molecule is CC(C)c1nc2c(c3c1[C@@H](c1ccc(C(F)(F)F)cc1)OC31CCOCC1)[C@@H](O)CC(C)(C)[C@H]2O. The van der Waals surface area contributed by atoms with Gasteiger partial charge in [-0.05, 0) is 41.0 Å². The van der Waals surface area contributed by atoms with Crippen LogP contribution in [0, 0.1) is 5.41 Å². The molecule has 1 aromatic carbocycles. The summed E-state index contributed by atoms with van der Waals surface area (Å²) in [7, 11) is 0. The van der Waals surface area contributed by atoms with Crippen molar-refractivity contribution in [3.05, 3.63) is 63.5 Å². The van der Waals surface area contributed by atoms with E-state index in [1.54, 1.807) is 0 Å². The number of hydrogen-bond donors (Lipinski definition) is 2. The zero-order valence-corrected chi connectivity index (χ0v) is 20.4. The predicted molar refractivity (Wildman–Crippen MR) is 123 cm³/mol. The summed E-state index contributed by atoms with van der Waals surface area (Å²) in [5, 5.41) is 22.6. The summed E-state index contributed by atoms with van der Waals surface area (Å²) in [6.07, 6.45) is -5.26. The second kappa shape index (κ2) is 8.26. The van der Waals surface area contributed by atoms with Crippen LogP contribution in [0.2, 0.25) is 0 Å². The smallest absolute Gasteiger partial charge is 0.388 e. The normalized spacial score (nSPS) is 27.2. The van der Waals surface area contributed by atoms with Gasteiger partial charge in [-0.1, -0.05) is 39.8 Å². The zero-order valence-electron chi connectivity index (χ0n) is 20.4. The first-order valence-electron chi connectivity index (χ1n) is 12.2. The second-order valence-electron chi connectivity index (χ2n) is 11.1. The van der Waals surface area contributed by atoms with Crippen molar-refractivity contribution in [1.29, 1.82) is 0 Å². The number of nitrogens with zero attached hydrogens (tertiary/aromatic N) is 1. The van der Waals surface area contributed by atoms with E-state index in [9.17, 15) is 23.4 Å². The Morgan fingerprint density at radius 3 is 2.23 bits per heavy atom. The minimum atomic E-state index is -4.42. The molecule has 3 aliphatic rings. The largest absolute Gasteiger partial charge is 0.416 e. The highest BCUT2D eigenvalue weighted by atomic mass is 19.4. The highest BCUT2D eigenvalue weighted by Gasteiger charge is 2.53. The summed E-state index contributed by atoms with van der Waals surface area (Å²) in [6, 6.07) is 5.09. The maximum absolute atomic E-state index is 13.2. The lowest BCUT2D eigenvalue weighted by Crippen LogP contribution is -2.38. The fourth-order valence-corrected chi connectivity index (χ4v) is 5.97. The van der Waals surface area contributed by atoms with E-state index in [4.69, 9.17) is 14.5 Å². The van der Waals surface area contributed by atoms with Crippen molar-refractivity contribution < 1.29 is 32.9 Å². The molecule has 1 spiro atoms. The van der Waals surface area contributed by atoms with E-state index in [0.717, 1.165) is 29.0 Å². The molecule has 1 aromatic heterocycles. The van der Waals surface area contributed by atoms with Gasteiger partial charge in [-0.25, -0.2) is 0 Å². The minimum absolute atomic E-state index is 0.0287. The molecule has 8 heteroatoms. The monoisotopic (exact) mass is 491 g/mol. The fraction of sp³-hybridized carbons (Fsp3) is 0.593. The third kappa shape index (κ3) is 3.89. The van der Waals surface area contributed by atoms with Gasteiger partial charge in [0.15, 0.2) is 0 Å². The molecule has 2 aromatic rings. The molecule has 0 bridgehead atoms. The molecule has 0 amide bonds. The quantitative estimate of drug-likeness (QED) is 0.552. The zero-order chi connectivity index (χ0) is 25.3. The molecule has 1 fully saturated rings. The van der Waals surface area contributed by atoms with Crippen molar-refractivity contribution >= 4 is 0 Å². The van der Waals surface area contributed by atoms with E-state index < -0.39 is 41.1 Å². The molecule has 0 unspecified atom stereocenters. The average molecular weight is 492 g/mol. The van der Waals surface area contributed by atoms with E-state index in [-0.39, 0.29) is 5.92 Å². The van der Waals surface area contributed by atoms with Crippen molar-refractivity contribution in [3.8, 4) is 0 Å². The third-order valence-corrected chi connectivity index (χ3v) is 7.83.